The molecule has 0 aliphatic rings. The summed E-state index contributed by atoms with van der Waals surface area (Å²) in [4.78, 5) is 0. The molecule has 3 nitrogen and oxygen atoms in total. The maximum Gasteiger partial charge on any atom is 0.141 e. The molecule has 0 spiro atoms. The van der Waals surface area contributed by atoms with Crippen LogP contribution in [-0.4, -0.2) is 64.1 Å². The van der Waals surface area contributed by atoms with E-state index >= 15 is 0 Å². The Hall–Kier alpha value is -7.17. The molecule has 0 saturated heterocycles. The lowest BCUT2D eigenvalue weighted by atomic mass is 9.64. The molecule has 0 bridgehead atoms. The Kier molecular flexibility index (Phi) is 8.69. The second-order valence-electron chi connectivity index (χ2n) is 17.9. The smallest absolute Gasteiger partial charge is 0.141 e. The Labute approximate surface area is 379 Å². The van der Waals surface area contributed by atoms with Gasteiger partial charge in [0.05, 0.1) is 11.0 Å². The summed E-state index contributed by atoms with van der Waals surface area (Å²) in [5, 5.41) is 7.45. The lowest BCUT2D eigenvalue weighted by molar-refractivity contribution is 0.668. The molecular weight excluding hydrogens is 768 g/mol. The number of fused-ring (bicyclic) bond motifs is 9. The maximum atomic E-state index is 6.50. The van der Waals surface area contributed by atoms with Crippen molar-refractivity contribution >= 4 is 159 Å². The fraction of sp³-hybridized carbons (Fsp3) is 0. The summed E-state index contributed by atoms with van der Waals surface area (Å²) in [6.45, 7) is 0. The Balaban J connectivity index is 1.12. The molecule has 9 aromatic carbocycles. The number of hydrogen-bond donors (Lipinski definition) is 0. The summed E-state index contributed by atoms with van der Waals surface area (Å²) >= 11 is 0. The summed E-state index contributed by atoms with van der Waals surface area (Å²) in [5.74, 6) is 0. The Morgan fingerprint density at radius 3 is 1.66 bits per heavy atom. The number of furan rings is 1. The molecule has 12 rings (SSSR count). The van der Waals surface area contributed by atoms with Gasteiger partial charge in [-0.1, -0.05) is 148 Å². The monoisotopic (exact) mass is 810 g/mol. The molecule has 0 radical (unpaired) electrons. The van der Waals surface area contributed by atoms with Crippen molar-refractivity contribution in [2.75, 3.05) is 0 Å². The van der Waals surface area contributed by atoms with Gasteiger partial charge in [0.15, 0.2) is 0 Å². The quantitative estimate of drug-likeness (QED) is 0.246. The highest BCUT2D eigenvalue weighted by Crippen LogP contribution is 2.41. The van der Waals surface area contributed by atoms with Crippen LogP contribution in [0, 0.1) is 0 Å². The van der Waals surface area contributed by atoms with Crippen LogP contribution in [0.3, 0.4) is 0 Å². The number of hydrogen-bond acceptors (Lipinski definition) is 1. The van der Waals surface area contributed by atoms with E-state index in [-0.39, 0.29) is 0 Å². The van der Waals surface area contributed by atoms with Crippen molar-refractivity contribution in [2.24, 2.45) is 0 Å². The average molecular weight is 810 g/mol. The van der Waals surface area contributed by atoms with E-state index in [0.29, 0.717) is 0 Å². The van der Waals surface area contributed by atoms with E-state index < -0.39 is 0 Å². The van der Waals surface area contributed by atoms with Crippen LogP contribution in [0.5, 0.6) is 0 Å². The van der Waals surface area contributed by atoms with Crippen molar-refractivity contribution in [2.45, 2.75) is 0 Å². The first-order valence-corrected chi connectivity index (χ1v) is 22.4. The second-order valence-corrected chi connectivity index (χ2v) is 17.9. The minimum Gasteiger partial charge on any atom is -0.456 e. The van der Waals surface area contributed by atoms with Gasteiger partial charge in [-0.15, -0.1) is 5.46 Å². The molecule has 0 fully saturated rings. The minimum absolute atomic E-state index is 0.907. The molecule has 3 aromatic heterocycles. The first-order valence-electron chi connectivity index (χ1n) is 22.4. The molecule has 64 heavy (non-hydrogen) atoms. The minimum atomic E-state index is 0.907. The third-order valence-corrected chi connectivity index (χ3v) is 14.6. The standard InChI is InChI=1S/C54H41B7N2O/c55-45-42(46(56)50(60)53-43(45)44-47(57)48(58)49(59)51(61)54(44)63(53)33-23-24-36-35-14-7-8-17-40(35)64-41(36)27-33)31-20-25-39-38(26-31)37-16-9-15-34(30-12-5-2-6-13-30)52(37)62(39)32-21-18-29(19-22-32)28-10-3-1-4-11-28/h1-27H,55-61H2. The van der Waals surface area contributed by atoms with E-state index in [1.807, 2.05) is 6.07 Å². The van der Waals surface area contributed by atoms with Gasteiger partial charge >= 0.3 is 0 Å². The van der Waals surface area contributed by atoms with Crippen LogP contribution in [0.2, 0.25) is 0 Å². The maximum absolute atomic E-state index is 6.50. The van der Waals surface area contributed by atoms with Crippen molar-refractivity contribution in [1.29, 1.82) is 0 Å². The van der Waals surface area contributed by atoms with E-state index in [1.165, 1.54) is 115 Å². The van der Waals surface area contributed by atoms with Crippen LogP contribution in [-0.2, 0) is 0 Å². The fourth-order valence-corrected chi connectivity index (χ4v) is 11.0. The van der Waals surface area contributed by atoms with E-state index in [4.69, 9.17) is 4.42 Å². The molecule has 0 amide bonds. The number of nitrogens with zero attached hydrogens (tertiary/aromatic N) is 2. The molecular formula is C54H41B7N2O. The van der Waals surface area contributed by atoms with Crippen LogP contribution in [0.1, 0.15) is 0 Å². The van der Waals surface area contributed by atoms with Crippen LogP contribution < -0.4 is 38.2 Å². The van der Waals surface area contributed by atoms with Gasteiger partial charge in [0.2, 0.25) is 0 Å². The Morgan fingerprint density at radius 2 is 0.906 bits per heavy atom. The molecule has 10 heteroatoms. The molecule has 0 saturated carbocycles. The van der Waals surface area contributed by atoms with Gasteiger partial charge in [0.25, 0.3) is 0 Å². The highest BCUT2D eigenvalue weighted by atomic mass is 16.3. The van der Waals surface area contributed by atoms with E-state index in [1.54, 1.807) is 0 Å². The number of para-hydroxylation sites is 2. The van der Waals surface area contributed by atoms with Gasteiger partial charge in [0.1, 0.15) is 66.1 Å². The zero-order valence-electron chi connectivity index (χ0n) is 37.4. The van der Waals surface area contributed by atoms with Crippen molar-refractivity contribution < 1.29 is 4.42 Å². The highest BCUT2D eigenvalue weighted by Gasteiger charge is 2.26. The third-order valence-electron chi connectivity index (χ3n) is 14.6. The molecule has 12 aromatic rings. The van der Waals surface area contributed by atoms with Gasteiger partial charge in [-0.3, -0.25) is 0 Å². The van der Waals surface area contributed by atoms with Crippen LogP contribution in [0.25, 0.3) is 110 Å². The normalized spacial score (nSPS) is 11.9. The zero-order chi connectivity index (χ0) is 43.5. The summed E-state index contributed by atoms with van der Waals surface area (Å²) in [7, 11) is 16.2. The zero-order valence-corrected chi connectivity index (χ0v) is 37.4. The second kappa shape index (κ2) is 14.4. The van der Waals surface area contributed by atoms with E-state index in [2.05, 4.69) is 222 Å². The molecule has 0 unspecified atom stereocenters. The molecule has 3 heterocycles. The predicted molar refractivity (Wildman–Crippen MR) is 296 cm³/mol. The molecule has 0 atom stereocenters. The van der Waals surface area contributed by atoms with Gasteiger partial charge in [-0.05, 0) is 75.7 Å². The first kappa shape index (κ1) is 38.5. The largest absolute Gasteiger partial charge is 0.456 e. The van der Waals surface area contributed by atoms with Crippen LogP contribution in [0.4, 0.5) is 0 Å². The Morgan fingerprint density at radius 1 is 0.328 bits per heavy atom. The lowest BCUT2D eigenvalue weighted by Crippen LogP contribution is -2.48. The topological polar surface area (TPSA) is 23.0 Å². The van der Waals surface area contributed by atoms with Crippen LogP contribution >= 0.6 is 0 Å². The Bertz CT molecular complexity index is 3910. The summed E-state index contributed by atoms with van der Waals surface area (Å²) < 4.78 is 11.5. The van der Waals surface area contributed by atoms with Gasteiger partial charge in [-0.25, -0.2) is 0 Å². The number of aromatic nitrogens is 2. The van der Waals surface area contributed by atoms with E-state index in [9.17, 15) is 0 Å². The van der Waals surface area contributed by atoms with Gasteiger partial charge < -0.3 is 13.6 Å². The third kappa shape index (κ3) is 5.51. The first-order chi connectivity index (χ1) is 31.2. The summed E-state index contributed by atoms with van der Waals surface area (Å²) in [6.07, 6.45) is 0. The van der Waals surface area contributed by atoms with E-state index in [0.717, 1.165) is 33.3 Å². The fourth-order valence-electron chi connectivity index (χ4n) is 11.0. The molecule has 0 aliphatic carbocycles. The van der Waals surface area contributed by atoms with Crippen LogP contribution in [0.15, 0.2) is 168 Å². The van der Waals surface area contributed by atoms with Crippen molar-refractivity contribution in [3.8, 4) is 44.8 Å². The average Bonchev–Trinajstić information content (AvgIpc) is 4.01. The summed E-state index contributed by atoms with van der Waals surface area (Å²) in [6, 6.07) is 59.6. The molecule has 0 N–H and O–H groups in total. The summed E-state index contributed by atoms with van der Waals surface area (Å²) in [5.41, 5.74) is 25.7. The van der Waals surface area contributed by atoms with Gasteiger partial charge in [0, 0.05) is 61.0 Å². The van der Waals surface area contributed by atoms with Crippen molar-refractivity contribution in [3.63, 3.8) is 0 Å². The van der Waals surface area contributed by atoms with Gasteiger partial charge in [-0.2, -0.15) is 0 Å². The number of benzene rings is 9. The molecule has 0 aliphatic heterocycles. The lowest BCUT2D eigenvalue weighted by Gasteiger charge is -2.19. The van der Waals surface area contributed by atoms with Crippen molar-refractivity contribution in [3.05, 3.63) is 164 Å². The van der Waals surface area contributed by atoms with Crippen molar-refractivity contribution in [1.82, 2.24) is 9.13 Å². The SMILES string of the molecule is Bc1c(B)c(B)c2c(c1B)c1c(B)c(-c3ccc4c(c3)c3cccc(-c5ccccc5)c3n4-c3ccc(-c4ccccc4)cc3)c(B)c(B)c1n2-c1ccc2c(c1)oc1ccccc12. The number of rotatable bonds is 5. The molecule has 294 valence electrons. The predicted octanol–water partition coefficient (Wildman–Crippen LogP) is 2.59. The highest BCUT2D eigenvalue weighted by molar-refractivity contribution is 6.69.